The number of carbonyl (C=O) groups is 1. The van der Waals surface area contributed by atoms with Crippen molar-refractivity contribution in [2.45, 2.75) is 38.8 Å². The van der Waals surface area contributed by atoms with Gasteiger partial charge in [0, 0.05) is 25.3 Å². The molecule has 2 rings (SSSR count). The SMILES string of the molecule is CCCN(Cc1ccc(C(=O)OC)cn1)CC1CCCN1. The lowest BCUT2D eigenvalue weighted by atomic mass is 10.2. The van der Waals surface area contributed by atoms with Gasteiger partial charge in [0.2, 0.25) is 0 Å². The van der Waals surface area contributed by atoms with Crippen LogP contribution in [0.25, 0.3) is 0 Å². The van der Waals surface area contributed by atoms with E-state index in [1.54, 1.807) is 12.3 Å². The first-order valence-corrected chi connectivity index (χ1v) is 7.72. The number of nitrogens with one attached hydrogen (secondary N) is 1. The summed E-state index contributed by atoms with van der Waals surface area (Å²) < 4.78 is 4.69. The third-order valence-corrected chi connectivity index (χ3v) is 3.81. The number of esters is 1. The maximum Gasteiger partial charge on any atom is 0.339 e. The van der Waals surface area contributed by atoms with E-state index in [-0.39, 0.29) is 5.97 Å². The number of aromatic nitrogens is 1. The third kappa shape index (κ3) is 4.79. The number of rotatable bonds is 7. The van der Waals surface area contributed by atoms with E-state index in [9.17, 15) is 4.79 Å². The van der Waals surface area contributed by atoms with Crippen LogP contribution in [0.2, 0.25) is 0 Å². The van der Waals surface area contributed by atoms with Gasteiger partial charge in [0.25, 0.3) is 0 Å². The van der Waals surface area contributed by atoms with Crippen molar-refractivity contribution in [1.29, 1.82) is 0 Å². The quantitative estimate of drug-likeness (QED) is 0.777. The fourth-order valence-electron chi connectivity index (χ4n) is 2.76. The van der Waals surface area contributed by atoms with Gasteiger partial charge in [0.1, 0.15) is 0 Å². The van der Waals surface area contributed by atoms with Crippen molar-refractivity contribution in [2.75, 3.05) is 26.7 Å². The van der Waals surface area contributed by atoms with Crippen molar-refractivity contribution in [1.82, 2.24) is 15.2 Å². The van der Waals surface area contributed by atoms with Gasteiger partial charge in [-0.2, -0.15) is 0 Å². The monoisotopic (exact) mass is 291 g/mol. The average Bonchev–Trinajstić information content (AvgIpc) is 3.00. The Hall–Kier alpha value is -1.46. The molecule has 1 aliphatic rings. The van der Waals surface area contributed by atoms with Gasteiger partial charge in [-0.1, -0.05) is 6.92 Å². The van der Waals surface area contributed by atoms with Crippen molar-refractivity contribution in [3.8, 4) is 0 Å². The highest BCUT2D eigenvalue weighted by Crippen LogP contribution is 2.11. The molecule has 1 aliphatic heterocycles. The highest BCUT2D eigenvalue weighted by Gasteiger charge is 2.18. The van der Waals surface area contributed by atoms with Gasteiger partial charge in [-0.15, -0.1) is 0 Å². The number of hydrogen-bond donors (Lipinski definition) is 1. The Balaban J connectivity index is 1.93. The zero-order chi connectivity index (χ0) is 15.1. The summed E-state index contributed by atoms with van der Waals surface area (Å²) in [6.45, 7) is 6.29. The largest absolute Gasteiger partial charge is 0.465 e. The van der Waals surface area contributed by atoms with Gasteiger partial charge in [0.15, 0.2) is 0 Å². The molecule has 5 heteroatoms. The van der Waals surface area contributed by atoms with Crippen LogP contribution in [0.3, 0.4) is 0 Å². The molecule has 1 unspecified atom stereocenters. The van der Waals surface area contributed by atoms with Crippen molar-refractivity contribution >= 4 is 5.97 Å². The van der Waals surface area contributed by atoms with Crippen molar-refractivity contribution in [3.63, 3.8) is 0 Å². The Kier molecular flexibility index (Phi) is 6.14. The van der Waals surface area contributed by atoms with Crippen molar-refractivity contribution in [2.24, 2.45) is 0 Å². The first-order chi connectivity index (χ1) is 10.2. The second-order valence-electron chi connectivity index (χ2n) is 5.56. The minimum atomic E-state index is -0.338. The molecule has 1 aromatic rings. The molecule has 0 spiro atoms. The summed E-state index contributed by atoms with van der Waals surface area (Å²) in [5.74, 6) is -0.338. The average molecular weight is 291 g/mol. The summed E-state index contributed by atoms with van der Waals surface area (Å²) in [6.07, 6.45) is 5.26. The van der Waals surface area contributed by atoms with Crippen LogP contribution in [0.1, 0.15) is 42.2 Å². The Bertz CT molecular complexity index is 441. The topological polar surface area (TPSA) is 54.5 Å². The normalized spacial score (nSPS) is 18.1. The molecule has 0 saturated carbocycles. The molecular formula is C16H25N3O2. The fourth-order valence-corrected chi connectivity index (χ4v) is 2.76. The number of ether oxygens (including phenoxy) is 1. The van der Waals surface area contributed by atoms with Crippen LogP contribution in [0.15, 0.2) is 18.3 Å². The van der Waals surface area contributed by atoms with Crippen LogP contribution >= 0.6 is 0 Å². The summed E-state index contributed by atoms with van der Waals surface area (Å²) in [5, 5.41) is 3.54. The molecule has 1 saturated heterocycles. The molecule has 1 aromatic heterocycles. The predicted molar refractivity (Wildman–Crippen MR) is 82.2 cm³/mol. The molecule has 1 atom stereocenters. The van der Waals surface area contributed by atoms with Crippen LogP contribution < -0.4 is 5.32 Å². The van der Waals surface area contributed by atoms with Gasteiger partial charge in [-0.25, -0.2) is 4.79 Å². The maximum absolute atomic E-state index is 11.4. The lowest BCUT2D eigenvalue weighted by Gasteiger charge is -2.24. The van der Waals surface area contributed by atoms with Crippen LogP contribution in [-0.2, 0) is 11.3 Å². The first kappa shape index (κ1) is 15.9. The lowest BCUT2D eigenvalue weighted by molar-refractivity contribution is 0.0600. The highest BCUT2D eigenvalue weighted by molar-refractivity contribution is 5.88. The second kappa shape index (κ2) is 8.10. The first-order valence-electron chi connectivity index (χ1n) is 7.72. The van der Waals surface area contributed by atoms with Crippen LogP contribution in [0.4, 0.5) is 0 Å². The van der Waals surface area contributed by atoms with Crippen molar-refractivity contribution < 1.29 is 9.53 Å². The Labute approximate surface area is 126 Å². The van der Waals surface area contributed by atoms with Crippen LogP contribution in [0, 0.1) is 0 Å². The molecule has 21 heavy (non-hydrogen) atoms. The molecule has 1 N–H and O–H groups in total. The summed E-state index contributed by atoms with van der Waals surface area (Å²) >= 11 is 0. The number of carbonyl (C=O) groups excluding carboxylic acids is 1. The van der Waals surface area contributed by atoms with E-state index in [0.717, 1.165) is 38.3 Å². The zero-order valence-corrected chi connectivity index (χ0v) is 13.0. The molecule has 1 fully saturated rings. The predicted octanol–water partition coefficient (Wildman–Crippen LogP) is 1.83. The lowest BCUT2D eigenvalue weighted by Crippen LogP contribution is -2.37. The van der Waals surface area contributed by atoms with Gasteiger partial charge < -0.3 is 10.1 Å². The van der Waals surface area contributed by atoms with E-state index in [4.69, 9.17) is 0 Å². The van der Waals surface area contributed by atoms with E-state index < -0.39 is 0 Å². The molecule has 0 radical (unpaired) electrons. The standard InChI is InChI=1S/C16H25N3O2/c1-3-9-19(11-14-5-4-8-17-14)12-15-7-6-13(10-18-15)16(20)21-2/h6-7,10,14,17H,3-5,8-9,11-12H2,1-2H3. The molecule has 0 aliphatic carbocycles. The number of pyridine rings is 1. The molecule has 2 heterocycles. The summed E-state index contributed by atoms with van der Waals surface area (Å²) in [5.41, 5.74) is 1.50. The molecule has 0 amide bonds. The van der Waals surface area contributed by atoms with E-state index in [1.807, 2.05) is 6.07 Å². The molecular weight excluding hydrogens is 266 g/mol. The summed E-state index contributed by atoms with van der Waals surface area (Å²) in [6, 6.07) is 4.30. The van der Waals surface area contributed by atoms with E-state index in [2.05, 4.69) is 26.9 Å². The smallest absolute Gasteiger partial charge is 0.339 e. The third-order valence-electron chi connectivity index (χ3n) is 3.81. The number of methoxy groups -OCH3 is 1. The minimum absolute atomic E-state index is 0.338. The molecule has 0 aromatic carbocycles. The second-order valence-corrected chi connectivity index (χ2v) is 5.56. The van der Waals surface area contributed by atoms with Gasteiger partial charge in [-0.3, -0.25) is 9.88 Å². The Morgan fingerprint density at radius 3 is 2.95 bits per heavy atom. The van der Waals surface area contributed by atoms with E-state index >= 15 is 0 Å². The van der Waals surface area contributed by atoms with Gasteiger partial charge in [-0.05, 0) is 44.5 Å². The molecule has 5 nitrogen and oxygen atoms in total. The summed E-state index contributed by atoms with van der Waals surface area (Å²) in [7, 11) is 1.38. The number of hydrogen-bond acceptors (Lipinski definition) is 5. The van der Waals surface area contributed by atoms with Gasteiger partial charge >= 0.3 is 5.97 Å². The highest BCUT2D eigenvalue weighted by atomic mass is 16.5. The summed E-state index contributed by atoms with van der Waals surface area (Å²) in [4.78, 5) is 18.2. The van der Waals surface area contributed by atoms with Gasteiger partial charge in [0.05, 0.1) is 18.4 Å². The van der Waals surface area contributed by atoms with E-state index in [0.29, 0.717) is 11.6 Å². The zero-order valence-electron chi connectivity index (χ0n) is 13.0. The van der Waals surface area contributed by atoms with Crippen molar-refractivity contribution in [3.05, 3.63) is 29.6 Å². The molecule has 0 bridgehead atoms. The Morgan fingerprint density at radius 2 is 2.38 bits per heavy atom. The Morgan fingerprint density at radius 1 is 1.52 bits per heavy atom. The van der Waals surface area contributed by atoms with E-state index in [1.165, 1.54) is 20.0 Å². The van der Waals surface area contributed by atoms with Crippen LogP contribution in [0.5, 0.6) is 0 Å². The fraction of sp³-hybridized carbons (Fsp3) is 0.625. The molecule has 116 valence electrons. The number of nitrogens with zero attached hydrogens (tertiary/aromatic N) is 2. The van der Waals surface area contributed by atoms with Crippen LogP contribution in [-0.4, -0.2) is 48.6 Å². The maximum atomic E-state index is 11.4. The minimum Gasteiger partial charge on any atom is -0.465 e.